The van der Waals surface area contributed by atoms with Crippen LogP contribution in [0.5, 0.6) is 0 Å². The number of rotatable bonds is 7. The molecule has 96 valence electrons. The highest BCUT2D eigenvalue weighted by molar-refractivity contribution is 5.07. The van der Waals surface area contributed by atoms with Crippen LogP contribution in [0, 0.1) is 5.92 Å². The SMILES string of the molecule is CCCCC(CC)CNC1(C(F)(F)F)CC1. The molecule has 0 radical (unpaired) electrons. The van der Waals surface area contributed by atoms with Crippen LogP contribution in [0.15, 0.2) is 0 Å². The molecule has 0 amide bonds. The lowest BCUT2D eigenvalue weighted by Gasteiger charge is -2.24. The molecule has 1 nitrogen and oxygen atoms in total. The zero-order valence-corrected chi connectivity index (χ0v) is 10.2. The van der Waals surface area contributed by atoms with Crippen LogP contribution in [0.25, 0.3) is 0 Å². The van der Waals surface area contributed by atoms with Crippen molar-refractivity contribution in [1.29, 1.82) is 0 Å². The van der Waals surface area contributed by atoms with Crippen LogP contribution in [-0.4, -0.2) is 18.3 Å². The maximum atomic E-state index is 12.6. The summed E-state index contributed by atoms with van der Waals surface area (Å²) in [5, 5.41) is 2.74. The first kappa shape index (κ1) is 13.8. The molecule has 16 heavy (non-hydrogen) atoms. The summed E-state index contributed by atoms with van der Waals surface area (Å²) in [4.78, 5) is 0. The minimum Gasteiger partial charge on any atom is -0.303 e. The number of halogens is 3. The second kappa shape index (κ2) is 5.39. The van der Waals surface area contributed by atoms with Crippen LogP contribution in [0.2, 0.25) is 0 Å². The number of alkyl halides is 3. The van der Waals surface area contributed by atoms with Gasteiger partial charge in [0.05, 0.1) is 0 Å². The van der Waals surface area contributed by atoms with Crippen molar-refractivity contribution in [2.45, 2.75) is 64.1 Å². The van der Waals surface area contributed by atoms with Gasteiger partial charge in [-0.1, -0.05) is 33.1 Å². The molecule has 0 aromatic heterocycles. The van der Waals surface area contributed by atoms with Gasteiger partial charge in [0.1, 0.15) is 5.54 Å². The third-order valence-electron chi connectivity index (χ3n) is 3.57. The quantitative estimate of drug-likeness (QED) is 0.708. The summed E-state index contributed by atoms with van der Waals surface area (Å²) in [6.45, 7) is 4.67. The Bertz CT molecular complexity index is 209. The van der Waals surface area contributed by atoms with Crippen molar-refractivity contribution < 1.29 is 13.2 Å². The lowest BCUT2D eigenvalue weighted by Crippen LogP contribution is -2.46. The largest absolute Gasteiger partial charge is 0.406 e. The van der Waals surface area contributed by atoms with Crippen molar-refractivity contribution in [2.24, 2.45) is 5.92 Å². The molecule has 0 saturated heterocycles. The number of hydrogen-bond acceptors (Lipinski definition) is 1. The normalized spacial score (nSPS) is 20.8. The third kappa shape index (κ3) is 3.37. The molecule has 1 unspecified atom stereocenters. The molecule has 1 aliphatic rings. The average molecular weight is 237 g/mol. The molecule has 0 bridgehead atoms. The molecule has 1 rings (SSSR count). The molecule has 0 aromatic rings. The lowest BCUT2D eigenvalue weighted by molar-refractivity contribution is -0.166. The van der Waals surface area contributed by atoms with Gasteiger partial charge in [-0.05, 0) is 31.7 Å². The molecule has 1 aliphatic carbocycles. The Labute approximate surface area is 95.8 Å². The molecular formula is C12H22F3N. The predicted octanol–water partition coefficient (Wildman–Crippen LogP) is 3.89. The van der Waals surface area contributed by atoms with E-state index in [1.54, 1.807) is 0 Å². The van der Waals surface area contributed by atoms with Crippen molar-refractivity contribution in [2.75, 3.05) is 6.54 Å². The second-order valence-corrected chi connectivity index (χ2v) is 4.88. The highest BCUT2D eigenvalue weighted by atomic mass is 19.4. The zero-order chi connectivity index (χ0) is 12.2. The Morgan fingerprint density at radius 2 is 1.88 bits per heavy atom. The molecular weight excluding hydrogens is 215 g/mol. The van der Waals surface area contributed by atoms with Crippen LogP contribution in [0.3, 0.4) is 0 Å². The number of hydrogen-bond donors (Lipinski definition) is 1. The van der Waals surface area contributed by atoms with E-state index in [9.17, 15) is 13.2 Å². The fourth-order valence-corrected chi connectivity index (χ4v) is 1.97. The van der Waals surface area contributed by atoms with Gasteiger partial charge in [-0.3, -0.25) is 0 Å². The van der Waals surface area contributed by atoms with E-state index in [4.69, 9.17) is 0 Å². The van der Waals surface area contributed by atoms with Crippen molar-refractivity contribution in [3.05, 3.63) is 0 Å². The summed E-state index contributed by atoms with van der Waals surface area (Å²) >= 11 is 0. The smallest absolute Gasteiger partial charge is 0.303 e. The molecule has 1 N–H and O–H groups in total. The maximum absolute atomic E-state index is 12.6. The molecule has 1 atom stereocenters. The van der Waals surface area contributed by atoms with Gasteiger partial charge in [0.15, 0.2) is 0 Å². The van der Waals surface area contributed by atoms with Crippen molar-refractivity contribution in [3.63, 3.8) is 0 Å². The lowest BCUT2D eigenvalue weighted by atomic mass is 9.99. The Kier molecular flexibility index (Phi) is 4.65. The third-order valence-corrected chi connectivity index (χ3v) is 3.57. The summed E-state index contributed by atoms with van der Waals surface area (Å²) in [6, 6.07) is 0. The molecule has 1 saturated carbocycles. The zero-order valence-electron chi connectivity index (χ0n) is 10.2. The van der Waals surface area contributed by atoms with Gasteiger partial charge in [-0.15, -0.1) is 0 Å². The fourth-order valence-electron chi connectivity index (χ4n) is 1.97. The first-order valence-electron chi connectivity index (χ1n) is 6.27. The van der Waals surface area contributed by atoms with Gasteiger partial charge in [-0.25, -0.2) is 0 Å². The molecule has 0 heterocycles. The van der Waals surface area contributed by atoms with Gasteiger partial charge < -0.3 is 5.32 Å². The Morgan fingerprint density at radius 1 is 1.25 bits per heavy atom. The van der Waals surface area contributed by atoms with Crippen molar-refractivity contribution >= 4 is 0 Å². The van der Waals surface area contributed by atoms with Gasteiger partial charge >= 0.3 is 6.18 Å². The van der Waals surface area contributed by atoms with Crippen LogP contribution >= 0.6 is 0 Å². The topological polar surface area (TPSA) is 12.0 Å². The van der Waals surface area contributed by atoms with E-state index in [2.05, 4.69) is 19.2 Å². The highest BCUT2D eigenvalue weighted by Gasteiger charge is 2.62. The van der Waals surface area contributed by atoms with Crippen LogP contribution in [-0.2, 0) is 0 Å². The monoisotopic (exact) mass is 237 g/mol. The molecule has 0 spiro atoms. The number of unbranched alkanes of at least 4 members (excludes halogenated alkanes) is 1. The minimum atomic E-state index is -4.07. The highest BCUT2D eigenvalue weighted by Crippen LogP contribution is 2.48. The molecule has 1 fully saturated rings. The summed E-state index contributed by atoms with van der Waals surface area (Å²) in [5.41, 5.74) is -1.54. The van der Waals surface area contributed by atoms with E-state index in [0.29, 0.717) is 12.5 Å². The maximum Gasteiger partial charge on any atom is 0.406 e. The summed E-state index contributed by atoms with van der Waals surface area (Å²) in [7, 11) is 0. The average Bonchev–Trinajstić information content (AvgIpc) is 2.98. The van der Waals surface area contributed by atoms with E-state index >= 15 is 0 Å². The van der Waals surface area contributed by atoms with Gasteiger partial charge in [0, 0.05) is 0 Å². The molecule has 4 heteroatoms. The predicted molar refractivity (Wildman–Crippen MR) is 59.3 cm³/mol. The standard InChI is InChI=1S/C12H22F3N/c1-3-5-6-10(4-2)9-16-11(7-8-11)12(13,14)15/h10,16H,3-9H2,1-2H3. The minimum absolute atomic E-state index is 0.251. The summed E-state index contributed by atoms with van der Waals surface area (Å²) in [6.07, 6.45) is 0.645. The van der Waals surface area contributed by atoms with E-state index in [-0.39, 0.29) is 12.8 Å². The van der Waals surface area contributed by atoms with E-state index in [1.807, 2.05) is 0 Å². The van der Waals surface area contributed by atoms with E-state index in [1.165, 1.54) is 0 Å². The van der Waals surface area contributed by atoms with Crippen molar-refractivity contribution in [1.82, 2.24) is 5.32 Å². The van der Waals surface area contributed by atoms with Crippen LogP contribution in [0.4, 0.5) is 13.2 Å². The van der Waals surface area contributed by atoms with Gasteiger partial charge in [0.2, 0.25) is 0 Å². The Hall–Kier alpha value is -0.250. The Balaban J connectivity index is 2.32. The number of nitrogens with one attached hydrogen (secondary N) is 1. The van der Waals surface area contributed by atoms with Crippen molar-refractivity contribution in [3.8, 4) is 0 Å². The second-order valence-electron chi connectivity index (χ2n) is 4.88. The molecule has 0 aliphatic heterocycles. The summed E-state index contributed by atoms with van der Waals surface area (Å²) < 4.78 is 37.9. The van der Waals surface area contributed by atoms with E-state index in [0.717, 1.165) is 25.7 Å². The van der Waals surface area contributed by atoms with Crippen LogP contribution < -0.4 is 5.32 Å². The van der Waals surface area contributed by atoms with Gasteiger partial charge in [0.25, 0.3) is 0 Å². The first-order valence-corrected chi connectivity index (χ1v) is 6.27. The molecule has 0 aromatic carbocycles. The van der Waals surface area contributed by atoms with E-state index < -0.39 is 11.7 Å². The fraction of sp³-hybridized carbons (Fsp3) is 1.00. The van der Waals surface area contributed by atoms with Crippen LogP contribution in [0.1, 0.15) is 52.4 Å². The summed E-state index contributed by atoms with van der Waals surface area (Å²) in [5.74, 6) is 0.389. The Morgan fingerprint density at radius 3 is 2.25 bits per heavy atom. The van der Waals surface area contributed by atoms with Gasteiger partial charge in [-0.2, -0.15) is 13.2 Å². The first-order chi connectivity index (χ1) is 7.45.